The smallest absolute Gasteiger partial charge is 0.320 e. The lowest BCUT2D eigenvalue weighted by Gasteiger charge is -2.34. The van der Waals surface area contributed by atoms with E-state index in [0.29, 0.717) is 6.61 Å². The van der Waals surface area contributed by atoms with Gasteiger partial charge in [-0.05, 0) is 31.9 Å². The average molecular weight is 311 g/mol. The topological polar surface area (TPSA) is 29.5 Å². The molecule has 0 saturated heterocycles. The quantitative estimate of drug-likeness (QED) is 0.711. The predicted octanol–water partition coefficient (Wildman–Crippen LogP) is 4.37. The maximum Gasteiger partial charge on any atom is 0.320 e. The Bertz CT molecular complexity index is 552. The van der Waals surface area contributed by atoms with Crippen molar-refractivity contribution in [3.63, 3.8) is 0 Å². The number of carbonyl (C=O) groups is 1. The van der Waals surface area contributed by atoms with E-state index in [4.69, 9.17) is 4.74 Å². The van der Waals surface area contributed by atoms with Gasteiger partial charge >= 0.3 is 5.97 Å². The van der Waals surface area contributed by atoms with Crippen molar-refractivity contribution in [2.45, 2.75) is 32.9 Å². The van der Waals surface area contributed by atoms with Crippen LogP contribution < -0.4 is 0 Å². The van der Waals surface area contributed by atoms with Crippen molar-refractivity contribution in [2.24, 2.45) is 0 Å². The first-order valence-electron chi connectivity index (χ1n) is 8.14. The normalized spacial score (nSPS) is 13.6. The van der Waals surface area contributed by atoms with Gasteiger partial charge in [-0.15, -0.1) is 0 Å². The van der Waals surface area contributed by atoms with Gasteiger partial charge in [0.25, 0.3) is 0 Å². The first-order chi connectivity index (χ1) is 11.1. The number of ether oxygens (including phenoxy) is 1. The van der Waals surface area contributed by atoms with Crippen LogP contribution in [0.3, 0.4) is 0 Å². The second kappa shape index (κ2) is 8.49. The van der Waals surface area contributed by atoms with Crippen molar-refractivity contribution in [3.05, 3.63) is 71.8 Å². The molecule has 0 aliphatic carbocycles. The van der Waals surface area contributed by atoms with Crippen LogP contribution in [0.1, 0.15) is 44.0 Å². The molecule has 0 amide bonds. The Kier molecular flexibility index (Phi) is 6.36. The molecule has 3 heteroatoms. The van der Waals surface area contributed by atoms with Crippen molar-refractivity contribution < 1.29 is 9.53 Å². The van der Waals surface area contributed by atoms with Gasteiger partial charge in [0.2, 0.25) is 0 Å². The van der Waals surface area contributed by atoms with Crippen LogP contribution in [0.15, 0.2) is 60.7 Å². The Labute approximate surface area is 138 Å². The Balaban J connectivity index is 2.25. The number of carbonyl (C=O) groups excluding carboxylic acids is 1. The fraction of sp³-hybridized carbons (Fsp3) is 0.350. The van der Waals surface area contributed by atoms with Gasteiger partial charge in [0.05, 0.1) is 13.2 Å². The van der Waals surface area contributed by atoms with Crippen molar-refractivity contribution in [1.82, 2.24) is 4.90 Å². The number of rotatable bonds is 7. The lowest BCUT2D eigenvalue weighted by molar-refractivity contribution is -0.145. The Morgan fingerprint density at radius 3 is 1.74 bits per heavy atom. The van der Waals surface area contributed by atoms with Crippen LogP contribution >= 0.6 is 0 Å². The minimum atomic E-state index is -0.182. The van der Waals surface area contributed by atoms with E-state index in [9.17, 15) is 4.79 Å². The van der Waals surface area contributed by atoms with E-state index in [1.54, 1.807) is 0 Å². The highest BCUT2D eigenvalue weighted by Crippen LogP contribution is 2.30. The molecular formula is C20H25NO2. The zero-order valence-electron chi connectivity index (χ0n) is 14.1. The predicted molar refractivity (Wildman–Crippen MR) is 93.1 cm³/mol. The summed E-state index contributed by atoms with van der Waals surface area (Å²) in [5.41, 5.74) is 2.39. The van der Waals surface area contributed by atoms with Crippen LogP contribution in [-0.4, -0.2) is 24.0 Å². The zero-order valence-corrected chi connectivity index (χ0v) is 14.1. The highest BCUT2D eigenvalue weighted by Gasteiger charge is 2.25. The van der Waals surface area contributed by atoms with Crippen LogP contribution in [0.4, 0.5) is 0 Å². The van der Waals surface area contributed by atoms with Crippen LogP contribution in [0, 0.1) is 0 Å². The molecule has 0 aliphatic rings. The maximum absolute atomic E-state index is 12.1. The summed E-state index contributed by atoms with van der Waals surface area (Å²) in [5.74, 6) is -0.182. The van der Waals surface area contributed by atoms with Gasteiger partial charge in [-0.3, -0.25) is 9.69 Å². The van der Waals surface area contributed by atoms with Crippen LogP contribution in [0.25, 0.3) is 0 Å². The molecule has 2 rings (SSSR count). The van der Waals surface area contributed by atoms with E-state index in [1.807, 2.05) is 43.3 Å². The van der Waals surface area contributed by atoms with Gasteiger partial charge in [0, 0.05) is 12.1 Å². The summed E-state index contributed by atoms with van der Waals surface area (Å²) in [5, 5.41) is 0. The van der Waals surface area contributed by atoms with Crippen LogP contribution in [0.2, 0.25) is 0 Å². The summed E-state index contributed by atoms with van der Waals surface area (Å²) in [4.78, 5) is 14.2. The number of esters is 1. The van der Waals surface area contributed by atoms with Crippen molar-refractivity contribution >= 4 is 5.97 Å². The molecule has 0 bridgehead atoms. The molecule has 0 fully saturated rings. The van der Waals surface area contributed by atoms with E-state index in [-0.39, 0.29) is 24.6 Å². The Morgan fingerprint density at radius 2 is 1.35 bits per heavy atom. The van der Waals surface area contributed by atoms with Crippen molar-refractivity contribution in [2.75, 3.05) is 13.2 Å². The molecule has 2 aromatic carbocycles. The molecule has 2 aromatic rings. The minimum Gasteiger partial charge on any atom is -0.465 e. The zero-order chi connectivity index (χ0) is 16.7. The van der Waals surface area contributed by atoms with Crippen molar-refractivity contribution in [1.29, 1.82) is 0 Å². The minimum absolute atomic E-state index is 0.121. The van der Waals surface area contributed by atoms with Gasteiger partial charge in [-0.2, -0.15) is 0 Å². The standard InChI is InChI=1S/C20H25NO2/c1-4-23-20(22)15-21(16(2)18-11-7-5-8-12-18)17(3)19-13-9-6-10-14-19/h5-14,16-17H,4,15H2,1-3H3/t16-,17-/m1/s1. The molecule has 0 spiro atoms. The van der Waals surface area contributed by atoms with E-state index in [1.165, 1.54) is 11.1 Å². The lowest BCUT2D eigenvalue weighted by Crippen LogP contribution is -2.35. The third-order valence-corrected chi connectivity index (χ3v) is 4.18. The number of nitrogens with zero attached hydrogens (tertiary/aromatic N) is 1. The Morgan fingerprint density at radius 1 is 0.913 bits per heavy atom. The second-order valence-electron chi connectivity index (χ2n) is 5.65. The second-order valence-corrected chi connectivity index (χ2v) is 5.65. The van der Waals surface area contributed by atoms with Crippen LogP contribution in [-0.2, 0) is 9.53 Å². The molecule has 122 valence electrons. The summed E-state index contributed by atoms with van der Waals surface area (Å²) in [6, 6.07) is 20.8. The van der Waals surface area contributed by atoms with E-state index < -0.39 is 0 Å². The first kappa shape index (κ1) is 17.2. The molecule has 2 atom stereocenters. The van der Waals surface area contributed by atoms with E-state index in [0.717, 1.165) is 0 Å². The lowest BCUT2D eigenvalue weighted by atomic mass is 10.0. The molecule has 0 saturated carbocycles. The molecule has 23 heavy (non-hydrogen) atoms. The molecular weight excluding hydrogens is 286 g/mol. The van der Waals surface area contributed by atoms with E-state index >= 15 is 0 Å². The van der Waals surface area contributed by atoms with Gasteiger partial charge in [-0.25, -0.2) is 0 Å². The number of benzene rings is 2. The monoisotopic (exact) mass is 311 g/mol. The van der Waals surface area contributed by atoms with Gasteiger partial charge in [-0.1, -0.05) is 60.7 Å². The molecule has 0 unspecified atom stereocenters. The van der Waals surface area contributed by atoms with Crippen LogP contribution in [0.5, 0.6) is 0 Å². The van der Waals surface area contributed by atoms with Gasteiger partial charge in [0.15, 0.2) is 0 Å². The summed E-state index contributed by atoms with van der Waals surface area (Å²) < 4.78 is 5.16. The highest BCUT2D eigenvalue weighted by molar-refractivity contribution is 5.71. The molecule has 0 heterocycles. The third-order valence-electron chi connectivity index (χ3n) is 4.18. The molecule has 0 N–H and O–H groups in total. The first-order valence-corrected chi connectivity index (χ1v) is 8.14. The highest BCUT2D eigenvalue weighted by atomic mass is 16.5. The fourth-order valence-corrected chi connectivity index (χ4v) is 2.81. The van der Waals surface area contributed by atoms with Gasteiger partial charge in [0.1, 0.15) is 0 Å². The largest absolute Gasteiger partial charge is 0.465 e. The molecule has 0 aliphatic heterocycles. The molecule has 0 radical (unpaired) electrons. The summed E-state index contributed by atoms with van der Waals surface area (Å²) in [7, 11) is 0. The van der Waals surface area contributed by atoms with Crippen molar-refractivity contribution in [3.8, 4) is 0 Å². The summed E-state index contributed by atoms with van der Waals surface area (Å²) in [6.07, 6.45) is 0. The number of hydrogen-bond acceptors (Lipinski definition) is 3. The molecule has 0 aromatic heterocycles. The fourth-order valence-electron chi connectivity index (χ4n) is 2.81. The van der Waals surface area contributed by atoms with E-state index in [2.05, 4.69) is 43.0 Å². The third kappa shape index (κ3) is 4.67. The average Bonchev–Trinajstić information content (AvgIpc) is 2.60. The summed E-state index contributed by atoms with van der Waals surface area (Å²) in [6.45, 7) is 6.79. The van der Waals surface area contributed by atoms with Gasteiger partial charge < -0.3 is 4.74 Å². The Hall–Kier alpha value is -2.13. The number of hydrogen-bond donors (Lipinski definition) is 0. The molecule has 3 nitrogen and oxygen atoms in total. The maximum atomic E-state index is 12.1. The SMILES string of the molecule is CCOC(=O)CN([C@H](C)c1ccccc1)[C@H](C)c1ccccc1. The summed E-state index contributed by atoms with van der Waals surface area (Å²) >= 11 is 0.